The van der Waals surface area contributed by atoms with Crippen LogP contribution >= 0.6 is 0 Å². The van der Waals surface area contributed by atoms with Gasteiger partial charge in [-0.1, -0.05) is 25.3 Å². The minimum Gasteiger partial charge on any atom is -0.271 e. The van der Waals surface area contributed by atoms with Crippen LogP contribution in [0.1, 0.15) is 26.2 Å². The number of hydroxylamine groups is 2. The number of rotatable bonds is 7. The minimum atomic E-state index is -0.191. The Kier molecular flexibility index (Phi) is 7.58. The van der Waals surface area contributed by atoms with Gasteiger partial charge in [0.05, 0.1) is 19.6 Å². The lowest BCUT2D eigenvalue weighted by Crippen LogP contribution is -2.31. The number of terminal acetylenes is 1. The Balaban J connectivity index is 3.94. The summed E-state index contributed by atoms with van der Waals surface area (Å²) >= 11 is 0. The van der Waals surface area contributed by atoms with Crippen LogP contribution in [0.2, 0.25) is 0 Å². The van der Waals surface area contributed by atoms with Crippen LogP contribution in [0.3, 0.4) is 0 Å². The Morgan fingerprint density at radius 3 is 2.93 bits per heavy atom. The van der Waals surface area contributed by atoms with Gasteiger partial charge in [-0.15, -0.1) is 13.0 Å². The summed E-state index contributed by atoms with van der Waals surface area (Å²) in [6, 6.07) is 0. The summed E-state index contributed by atoms with van der Waals surface area (Å²) < 4.78 is 0. The van der Waals surface area contributed by atoms with Gasteiger partial charge in [0, 0.05) is 0 Å². The second kappa shape index (κ2) is 8.33. The van der Waals surface area contributed by atoms with Crippen LogP contribution in [0.4, 0.5) is 0 Å². The van der Waals surface area contributed by atoms with Crippen LogP contribution in [0.5, 0.6) is 0 Å². The van der Waals surface area contributed by atoms with Crippen molar-refractivity contribution in [1.82, 2.24) is 5.06 Å². The van der Waals surface area contributed by atoms with E-state index in [9.17, 15) is 4.79 Å². The number of unbranched alkanes of at least 4 members (excludes halogenated alkanes) is 1. The van der Waals surface area contributed by atoms with Crippen LogP contribution in [0, 0.1) is 12.3 Å². The van der Waals surface area contributed by atoms with Crippen molar-refractivity contribution < 1.29 is 9.63 Å². The fourth-order valence-corrected chi connectivity index (χ4v) is 0.838. The van der Waals surface area contributed by atoms with E-state index in [0.717, 1.165) is 12.8 Å². The highest BCUT2D eigenvalue weighted by Crippen LogP contribution is 1.98. The van der Waals surface area contributed by atoms with E-state index >= 15 is 0 Å². The molecule has 0 atom stereocenters. The maximum Gasteiger partial charge on any atom is 0.258 e. The van der Waals surface area contributed by atoms with Crippen LogP contribution < -0.4 is 0 Å². The maximum atomic E-state index is 11.3. The SMILES string of the molecule is C#CCC(=O)N(CC=C)OCCCC. The molecular weight excluding hydrogens is 178 g/mol. The van der Waals surface area contributed by atoms with Crippen molar-refractivity contribution in [1.29, 1.82) is 0 Å². The molecule has 0 unspecified atom stereocenters. The number of amides is 1. The third kappa shape index (κ3) is 5.39. The van der Waals surface area contributed by atoms with Gasteiger partial charge in [0.1, 0.15) is 0 Å². The molecule has 0 saturated heterocycles. The molecule has 78 valence electrons. The first-order valence-corrected chi connectivity index (χ1v) is 4.73. The molecular formula is C11H17NO2. The van der Waals surface area contributed by atoms with Crippen molar-refractivity contribution in [3.63, 3.8) is 0 Å². The lowest BCUT2D eigenvalue weighted by atomic mass is 10.4. The molecule has 0 bridgehead atoms. The zero-order valence-corrected chi connectivity index (χ0v) is 8.66. The first-order chi connectivity index (χ1) is 6.76. The first kappa shape index (κ1) is 12.7. The topological polar surface area (TPSA) is 29.5 Å². The highest BCUT2D eigenvalue weighted by atomic mass is 16.7. The monoisotopic (exact) mass is 195 g/mol. The number of nitrogens with zero attached hydrogens (tertiary/aromatic N) is 1. The summed E-state index contributed by atoms with van der Waals surface area (Å²) in [4.78, 5) is 16.6. The van der Waals surface area contributed by atoms with Gasteiger partial charge < -0.3 is 0 Å². The predicted molar refractivity (Wildman–Crippen MR) is 56.2 cm³/mol. The van der Waals surface area contributed by atoms with Crippen LogP contribution in [0.15, 0.2) is 12.7 Å². The summed E-state index contributed by atoms with van der Waals surface area (Å²) in [6.45, 7) is 6.53. The molecule has 0 aromatic heterocycles. The normalized spacial score (nSPS) is 9.14. The Bertz CT molecular complexity index is 218. The molecule has 0 saturated carbocycles. The van der Waals surface area contributed by atoms with Crippen molar-refractivity contribution in [2.24, 2.45) is 0 Å². The maximum absolute atomic E-state index is 11.3. The van der Waals surface area contributed by atoms with E-state index in [2.05, 4.69) is 19.4 Å². The van der Waals surface area contributed by atoms with E-state index in [-0.39, 0.29) is 12.3 Å². The van der Waals surface area contributed by atoms with Gasteiger partial charge in [-0.2, -0.15) is 0 Å². The molecule has 0 N–H and O–H groups in total. The molecule has 0 aliphatic rings. The van der Waals surface area contributed by atoms with Gasteiger partial charge >= 0.3 is 0 Å². The molecule has 0 aromatic rings. The van der Waals surface area contributed by atoms with Crippen molar-refractivity contribution in [3.8, 4) is 12.3 Å². The van der Waals surface area contributed by atoms with E-state index in [0.29, 0.717) is 13.2 Å². The molecule has 0 radical (unpaired) electrons. The second-order valence-corrected chi connectivity index (χ2v) is 2.81. The van der Waals surface area contributed by atoms with E-state index < -0.39 is 0 Å². The van der Waals surface area contributed by atoms with Crippen LogP contribution in [-0.2, 0) is 9.63 Å². The van der Waals surface area contributed by atoms with Gasteiger partial charge in [0.2, 0.25) is 0 Å². The molecule has 0 aromatic carbocycles. The highest BCUT2D eigenvalue weighted by molar-refractivity contribution is 5.77. The molecule has 0 aliphatic carbocycles. The third-order valence-electron chi connectivity index (χ3n) is 1.57. The molecule has 0 heterocycles. The summed E-state index contributed by atoms with van der Waals surface area (Å²) in [7, 11) is 0. The molecule has 3 nitrogen and oxygen atoms in total. The number of hydrogen-bond acceptors (Lipinski definition) is 2. The molecule has 3 heteroatoms. The van der Waals surface area contributed by atoms with E-state index in [1.165, 1.54) is 5.06 Å². The van der Waals surface area contributed by atoms with Gasteiger partial charge in [0.25, 0.3) is 5.91 Å². The molecule has 14 heavy (non-hydrogen) atoms. The van der Waals surface area contributed by atoms with Gasteiger partial charge in [0.15, 0.2) is 0 Å². The lowest BCUT2D eigenvalue weighted by Gasteiger charge is -2.19. The minimum absolute atomic E-state index is 0.0694. The molecule has 1 amide bonds. The average Bonchev–Trinajstić information content (AvgIpc) is 2.17. The van der Waals surface area contributed by atoms with Crippen LogP contribution in [0.25, 0.3) is 0 Å². The smallest absolute Gasteiger partial charge is 0.258 e. The largest absolute Gasteiger partial charge is 0.271 e. The lowest BCUT2D eigenvalue weighted by molar-refractivity contribution is -0.182. The standard InChI is InChI=1S/C11H17NO2/c1-4-7-10-14-12(9-6-3)11(13)8-5-2/h2,6H,3-4,7-10H2,1H3. The Morgan fingerprint density at radius 2 is 2.43 bits per heavy atom. The summed E-state index contributed by atoms with van der Waals surface area (Å²) in [6.07, 6.45) is 8.68. The second-order valence-electron chi connectivity index (χ2n) is 2.81. The fourth-order valence-electron chi connectivity index (χ4n) is 0.838. The van der Waals surface area contributed by atoms with Crippen molar-refractivity contribution >= 4 is 5.91 Å². The van der Waals surface area contributed by atoms with Crippen molar-refractivity contribution in [3.05, 3.63) is 12.7 Å². The summed E-state index contributed by atoms with van der Waals surface area (Å²) in [5.74, 6) is 2.10. The van der Waals surface area contributed by atoms with Gasteiger partial charge in [-0.25, -0.2) is 5.06 Å². The Hall–Kier alpha value is -1.27. The van der Waals surface area contributed by atoms with E-state index in [1.54, 1.807) is 6.08 Å². The molecule has 0 spiro atoms. The van der Waals surface area contributed by atoms with Crippen LogP contribution in [-0.4, -0.2) is 24.1 Å². The molecule has 0 rings (SSSR count). The third-order valence-corrected chi connectivity index (χ3v) is 1.57. The van der Waals surface area contributed by atoms with Crippen molar-refractivity contribution in [2.45, 2.75) is 26.2 Å². The Labute approximate surface area is 85.7 Å². The number of carbonyl (C=O) groups excluding carboxylic acids is 1. The summed E-state index contributed by atoms with van der Waals surface area (Å²) in [5, 5.41) is 1.27. The molecule has 0 aliphatic heterocycles. The van der Waals surface area contributed by atoms with Gasteiger partial charge in [-0.3, -0.25) is 9.63 Å². The average molecular weight is 195 g/mol. The first-order valence-electron chi connectivity index (χ1n) is 4.73. The zero-order chi connectivity index (χ0) is 10.8. The zero-order valence-electron chi connectivity index (χ0n) is 8.66. The number of carbonyl (C=O) groups is 1. The van der Waals surface area contributed by atoms with E-state index in [1.807, 2.05) is 0 Å². The quantitative estimate of drug-likeness (QED) is 0.268. The number of hydrogen-bond donors (Lipinski definition) is 0. The highest BCUT2D eigenvalue weighted by Gasteiger charge is 2.10. The fraction of sp³-hybridized carbons (Fsp3) is 0.545. The van der Waals surface area contributed by atoms with Gasteiger partial charge in [-0.05, 0) is 6.42 Å². The molecule has 0 fully saturated rings. The van der Waals surface area contributed by atoms with E-state index in [4.69, 9.17) is 11.3 Å². The summed E-state index contributed by atoms with van der Waals surface area (Å²) in [5.41, 5.74) is 0. The Morgan fingerprint density at radius 1 is 1.71 bits per heavy atom. The predicted octanol–water partition coefficient (Wildman–Crippen LogP) is 1.76. The van der Waals surface area contributed by atoms with Crippen molar-refractivity contribution in [2.75, 3.05) is 13.2 Å².